The quantitative estimate of drug-likeness (QED) is 0.315. The van der Waals surface area contributed by atoms with Gasteiger partial charge in [0.25, 0.3) is 0 Å². The third-order valence-electron chi connectivity index (χ3n) is 5.06. The lowest BCUT2D eigenvalue weighted by Crippen LogP contribution is -2.52. The number of rotatable bonds is 8. The molecule has 0 amide bonds. The predicted molar refractivity (Wildman–Crippen MR) is 133 cm³/mol. The summed E-state index contributed by atoms with van der Waals surface area (Å²) in [5.74, 6) is 1.15. The van der Waals surface area contributed by atoms with Gasteiger partial charge in [-0.25, -0.2) is 8.42 Å². The van der Waals surface area contributed by atoms with Crippen molar-refractivity contribution in [2.45, 2.75) is 33.7 Å². The Hall–Kier alpha value is -0.870. The maximum Gasteiger partial charge on any atom is 0.194 e. The first-order chi connectivity index (χ1) is 13.2. The first-order valence-electron chi connectivity index (χ1n) is 10.2. The monoisotopic (exact) mass is 536 g/mol. The molecule has 0 atom stereocenters. The third-order valence-corrected chi connectivity index (χ3v) is 6.01. The zero-order chi connectivity index (χ0) is 20.6. The minimum absolute atomic E-state index is 0. The first-order valence-corrected chi connectivity index (χ1v) is 12.2. The van der Waals surface area contributed by atoms with Crippen LogP contribution >= 0.6 is 24.0 Å². The SMILES string of the molecule is CCNC(=NCC(C)(C)CCS(C)(=O)=O)N1CCN(Cc2ccccc2)CC1.I. The standard InChI is InChI=1S/C21H36N4O2S.HI/c1-5-22-20(23-18-21(2,3)11-16-28(4,26)27)25-14-12-24(13-15-25)17-19-9-7-6-8-10-19;/h6-10H,5,11-18H2,1-4H3,(H,22,23);1H. The summed E-state index contributed by atoms with van der Waals surface area (Å²) in [6.45, 7) is 12.6. The zero-order valence-electron chi connectivity index (χ0n) is 18.2. The van der Waals surface area contributed by atoms with Crippen molar-refractivity contribution >= 4 is 39.8 Å². The van der Waals surface area contributed by atoms with Crippen LogP contribution in [0.1, 0.15) is 32.8 Å². The van der Waals surface area contributed by atoms with Crippen molar-refractivity contribution in [3.8, 4) is 0 Å². The van der Waals surface area contributed by atoms with Gasteiger partial charge in [-0.2, -0.15) is 0 Å². The van der Waals surface area contributed by atoms with Gasteiger partial charge in [0.15, 0.2) is 5.96 Å². The molecule has 0 radical (unpaired) electrons. The number of nitrogens with zero attached hydrogens (tertiary/aromatic N) is 3. The van der Waals surface area contributed by atoms with Crippen LogP contribution in [0.3, 0.4) is 0 Å². The fourth-order valence-corrected chi connectivity index (χ4v) is 4.14. The van der Waals surface area contributed by atoms with Crippen molar-refractivity contribution in [3.05, 3.63) is 35.9 Å². The van der Waals surface area contributed by atoms with Crippen molar-refractivity contribution in [1.29, 1.82) is 0 Å². The number of benzene rings is 1. The highest BCUT2D eigenvalue weighted by Crippen LogP contribution is 2.21. The van der Waals surface area contributed by atoms with Gasteiger partial charge in [0.05, 0.1) is 5.75 Å². The lowest BCUT2D eigenvalue weighted by molar-refractivity contribution is 0.172. The number of sulfone groups is 1. The lowest BCUT2D eigenvalue weighted by Gasteiger charge is -2.37. The second-order valence-corrected chi connectivity index (χ2v) is 10.7. The molecular formula is C21H37IN4O2S. The second-order valence-electron chi connectivity index (χ2n) is 8.46. The summed E-state index contributed by atoms with van der Waals surface area (Å²) in [5, 5.41) is 3.40. The van der Waals surface area contributed by atoms with E-state index in [0.29, 0.717) is 13.0 Å². The van der Waals surface area contributed by atoms with E-state index < -0.39 is 9.84 Å². The van der Waals surface area contributed by atoms with E-state index in [1.54, 1.807) is 0 Å². The normalized spacial score (nSPS) is 16.4. The van der Waals surface area contributed by atoms with E-state index in [-0.39, 0.29) is 35.1 Å². The van der Waals surface area contributed by atoms with Crippen molar-refractivity contribution in [1.82, 2.24) is 15.1 Å². The molecule has 1 aromatic rings. The molecule has 0 aliphatic carbocycles. The number of aliphatic imine (C=N–C) groups is 1. The number of piperazine rings is 1. The Bertz CT molecular complexity index is 730. The van der Waals surface area contributed by atoms with Crippen LogP contribution in [-0.2, 0) is 16.4 Å². The summed E-state index contributed by atoms with van der Waals surface area (Å²) in [6, 6.07) is 10.6. The van der Waals surface area contributed by atoms with Crippen LogP contribution in [0, 0.1) is 5.41 Å². The number of hydrogen-bond donors (Lipinski definition) is 1. The maximum absolute atomic E-state index is 11.5. The molecule has 0 bridgehead atoms. The Morgan fingerprint density at radius 3 is 2.31 bits per heavy atom. The van der Waals surface area contributed by atoms with E-state index in [9.17, 15) is 8.42 Å². The highest BCUT2D eigenvalue weighted by Gasteiger charge is 2.23. The minimum atomic E-state index is -2.94. The lowest BCUT2D eigenvalue weighted by atomic mass is 9.90. The van der Waals surface area contributed by atoms with Crippen LogP contribution in [0.4, 0.5) is 0 Å². The van der Waals surface area contributed by atoms with Crippen LogP contribution in [0.15, 0.2) is 35.3 Å². The molecule has 6 nitrogen and oxygen atoms in total. The molecule has 8 heteroatoms. The Morgan fingerprint density at radius 1 is 1.14 bits per heavy atom. The molecular weight excluding hydrogens is 499 g/mol. The average molecular weight is 537 g/mol. The van der Waals surface area contributed by atoms with Gasteiger partial charge in [0.1, 0.15) is 9.84 Å². The highest BCUT2D eigenvalue weighted by molar-refractivity contribution is 14.0. The van der Waals surface area contributed by atoms with E-state index in [0.717, 1.165) is 45.2 Å². The summed E-state index contributed by atoms with van der Waals surface area (Å²) in [7, 11) is -2.94. The smallest absolute Gasteiger partial charge is 0.194 e. The van der Waals surface area contributed by atoms with Crippen LogP contribution in [0.5, 0.6) is 0 Å². The second kappa shape index (κ2) is 12.1. The van der Waals surface area contributed by atoms with E-state index in [1.807, 2.05) is 0 Å². The predicted octanol–water partition coefficient (Wildman–Crippen LogP) is 2.85. The minimum Gasteiger partial charge on any atom is -0.357 e. The summed E-state index contributed by atoms with van der Waals surface area (Å²) < 4.78 is 22.9. The highest BCUT2D eigenvalue weighted by atomic mass is 127. The summed E-state index contributed by atoms with van der Waals surface area (Å²) in [6.07, 6.45) is 1.92. The molecule has 0 saturated carbocycles. The number of halogens is 1. The van der Waals surface area contributed by atoms with Crippen LogP contribution < -0.4 is 5.32 Å². The van der Waals surface area contributed by atoms with Gasteiger partial charge in [-0.3, -0.25) is 9.89 Å². The number of nitrogens with one attached hydrogen (secondary N) is 1. The van der Waals surface area contributed by atoms with Crippen molar-refractivity contribution < 1.29 is 8.42 Å². The largest absolute Gasteiger partial charge is 0.357 e. The number of guanidine groups is 1. The molecule has 1 saturated heterocycles. The Kier molecular flexibility index (Phi) is 10.9. The van der Waals surface area contributed by atoms with Crippen LogP contribution in [0.25, 0.3) is 0 Å². The molecule has 1 aromatic carbocycles. The summed E-state index contributed by atoms with van der Waals surface area (Å²) in [4.78, 5) is 9.63. The molecule has 29 heavy (non-hydrogen) atoms. The molecule has 1 aliphatic heterocycles. The van der Waals surface area contributed by atoms with Gasteiger partial charge >= 0.3 is 0 Å². The van der Waals surface area contributed by atoms with Crippen molar-refractivity contribution in [2.24, 2.45) is 10.4 Å². The van der Waals surface area contributed by atoms with Crippen LogP contribution in [-0.4, -0.2) is 75.5 Å². The molecule has 1 heterocycles. The van der Waals surface area contributed by atoms with Gasteiger partial charge in [0, 0.05) is 52.1 Å². The summed E-state index contributed by atoms with van der Waals surface area (Å²) >= 11 is 0. The average Bonchev–Trinajstić information content (AvgIpc) is 2.65. The van der Waals surface area contributed by atoms with E-state index in [2.05, 4.69) is 66.2 Å². The molecule has 0 unspecified atom stereocenters. The van der Waals surface area contributed by atoms with E-state index >= 15 is 0 Å². The number of hydrogen-bond acceptors (Lipinski definition) is 4. The zero-order valence-corrected chi connectivity index (χ0v) is 21.4. The molecule has 0 aromatic heterocycles. The Balaban J connectivity index is 0.00000420. The molecule has 1 aliphatic rings. The van der Waals surface area contributed by atoms with Gasteiger partial charge in [-0.1, -0.05) is 44.2 Å². The maximum atomic E-state index is 11.5. The van der Waals surface area contributed by atoms with Gasteiger partial charge in [-0.05, 0) is 24.3 Å². The Labute approximate surface area is 194 Å². The van der Waals surface area contributed by atoms with E-state index in [4.69, 9.17) is 4.99 Å². The fraction of sp³-hybridized carbons (Fsp3) is 0.667. The van der Waals surface area contributed by atoms with Crippen molar-refractivity contribution in [2.75, 3.05) is 51.3 Å². The van der Waals surface area contributed by atoms with E-state index in [1.165, 1.54) is 11.8 Å². The Morgan fingerprint density at radius 2 is 1.76 bits per heavy atom. The van der Waals surface area contributed by atoms with Gasteiger partial charge < -0.3 is 10.2 Å². The molecule has 166 valence electrons. The summed E-state index contributed by atoms with van der Waals surface area (Å²) in [5.41, 5.74) is 1.21. The topological polar surface area (TPSA) is 65.0 Å². The van der Waals surface area contributed by atoms with Gasteiger partial charge in [0.2, 0.25) is 0 Å². The van der Waals surface area contributed by atoms with Crippen LogP contribution in [0.2, 0.25) is 0 Å². The molecule has 1 N–H and O–H groups in total. The molecule has 1 fully saturated rings. The molecule has 0 spiro atoms. The van der Waals surface area contributed by atoms with Crippen molar-refractivity contribution in [3.63, 3.8) is 0 Å². The first kappa shape index (κ1) is 26.2. The third kappa shape index (κ3) is 10.1. The fourth-order valence-electron chi connectivity index (χ4n) is 3.21. The molecule has 2 rings (SSSR count). The van der Waals surface area contributed by atoms with Gasteiger partial charge in [-0.15, -0.1) is 24.0 Å².